The van der Waals surface area contributed by atoms with Crippen molar-refractivity contribution in [2.24, 2.45) is 0 Å². The van der Waals surface area contributed by atoms with Crippen molar-refractivity contribution < 1.29 is 4.52 Å². The molecule has 1 heterocycles. The highest BCUT2D eigenvalue weighted by atomic mass is 127. The number of nitrogens with zero attached hydrogens (tertiary/aromatic N) is 1. The topological polar surface area (TPSA) is 52.0 Å². The van der Waals surface area contributed by atoms with Gasteiger partial charge < -0.3 is 10.3 Å². The van der Waals surface area contributed by atoms with Crippen LogP contribution in [0.25, 0.3) is 22.5 Å². The summed E-state index contributed by atoms with van der Waals surface area (Å²) in [6, 6.07) is 13.7. The number of aromatic nitrogens is 1. The van der Waals surface area contributed by atoms with Gasteiger partial charge in [-0.1, -0.05) is 41.0 Å². The molecule has 0 atom stereocenters. The lowest BCUT2D eigenvalue weighted by atomic mass is 9.98. The van der Waals surface area contributed by atoms with Gasteiger partial charge in [-0.05, 0) is 58.8 Å². The van der Waals surface area contributed by atoms with Crippen molar-refractivity contribution in [3.8, 4) is 22.5 Å². The van der Waals surface area contributed by atoms with E-state index in [0.29, 0.717) is 16.6 Å². The van der Waals surface area contributed by atoms with Gasteiger partial charge in [0.1, 0.15) is 0 Å². The number of hydrogen-bond donors (Lipinski definition) is 1. The van der Waals surface area contributed by atoms with Crippen LogP contribution < -0.4 is 5.73 Å². The molecule has 0 saturated heterocycles. The van der Waals surface area contributed by atoms with Gasteiger partial charge in [-0.3, -0.25) is 0 Å². The number of hydrogen-bond acceptors (Lipinski definition) is 3. The van der Waals surface area contributed by atoms with E-state index in [4.69, 9.17) is 21.9 Å². The third kappa shape index (κ3) is 2.65. The van der Waals surface area contributed by atoms with Crippen molar-refractivity contribution in [1.29, 1.82) is 0 Å². The Bertz CT molecular complexity index is 814. The molecule has 0 unspecified atom stereocenters. The summed E-state index contributed by atoms with van der Waals surface area (Å²) in [5.74, 6) is 1.03. The van der Waals surface area contributed by atoms with Crippen molar-refractivity contribution in [1.82, 2.24) is 5.16 Å². The molecule has 3 rings (SSSR count). The average Bonchev–Trinajstić information content (AvgIpc) is 2.84. The zero-order chi connectivity index (χ0) is 15.0. The molecule has 0 aliphatic heterocycles. The highest BCUT2D eigenvalue weighted by Gasteiger charge is 2.20. The second-order valence-electron chi connectivity index (χ2n) is 4.71. The molecule has 2 N–H and O–H groups in total. The number of benzene rings is 2. The summed E-state index contributed by atoms with van der Waals surface area (Å²) in [4.78, 5) is 0. The Labute approximate surface area is 141 Å². The fraction of sp³-hybridized carbons (Fsp3) is 0.0625. The summed E-state index contributed by atoms with van der Waals surface area (Å²) in [7, 11) is 0. The number of rotatable bonds is 2. The first-order chi connectivity index (χ1) is 10.1. The molecular weight excluding hydrogens is 399 g/mol. The summed E-state index contributed by atoms with van der Waals surface area (Å²) < 4.78 is 6.52. The highest BCUT2D eigenvalue weighted by molar-refractivity contribution is 14.1. The van der Waals surface area contributed by atoms with Gasteiger partial charge in [-0.15, -0.1) is 0 Å². The molecule has 5 heteroatoms. The van der Waals surface area contributed by atoms with E-state index >= 15 is 0 Å². The average molecular weight is 411 g/mol. The maximum Gasteiger partial charge on any atom is 0.178 e. The number of aryl methyl sites for hydroxylation is 1. The van der Waals surface area contributed by atoms with E-state index in [1.807, 2.05) is 49.4 Å². The fourth-order valence-electron chi connectivity index (χ4n) is 2.27. The molecule has 0 aliphatic rings. The van der Waals surface area contributed by atoms with Crippen LogP contribution in [0, 0.1) is 10.5 Å². The van der Waals surface area contributed by atoms with E-state index < -0.39 is 0 Å². The summed E-state index contributed by atoms with van der Waals surface area (Å²) in [6.45, 7) is 2.04. The predicted molar refractivity (Wildman–Crippen MR) is 94.3 cm³/mol. The zero-order valence-electron chi connectivity index (χ0n) is 11.2. The Morgan fingerprint density at radius 2 is 1.90 bits per heavy atom. The van der Waals surface area contributed by atoms with Gasteiger partial charge in [-0.2, -0.15) is 0 Å². The van der Waals surface area contributed by atoms with Crippen molar-refractivity contribution in [3.63, 3.8) is 0 Å². The first-order valence-electron chi connectivity index (χ1n) is 6.34. The monoisotopic (exact) mass is 410 g/mol. The van der Waals surface area contributed by atoms with Gasteiger partial charge in [0.2, 0.25) is 0 Å². The first kappa shape index (κ1) is 14.4. The minimum absolute atomic E-state index is 0.384. The molecule has 0 bridgehead atoms. The molecule has 0 aliphatic carbocycles. The first-order valence-corrected chi connectivity index (χ1v) is 7.80. The Kier molecular flexibility index (Phi) is 3.91. The van der Waals surface area contributed by atoms with Gasteiger partial charge in [0.25, 0.3) is 0 Å². The van der Waals surface area contributed by atoms with Crippen molar-refractivity contribution in [2.45, 2.75) is 6.92 Å². The molecule has 3 nitrogen and oxygen atoms in total. The van der Waals surface area contributed by atoms with Gasteiger partial charge in [0.05, 0.1) is 5.56 Å². The number of nitrogen functional groups attached to an aromatic ring is 1. The van der Waals surface area contributed by atoms with Crippen molar-refractivity contribution >= 4 is 40.0 Å². The van der Waals surface area contributed by atoms with Crippen LogP contribution in [0.2, 0.25) is 5.02 Å². The van der Waals surface area contributed by atoms with E-state index in [1.165, 1.54) is 0 Å². The van der Waals surface area contributed by atoms with Crippen LogP contribution in [-0.4, -0.2) is 5.16 Å². The SMILES string of the molecule is Cc1ccccc1-c1c(N)noc1-c1cc(Cl)ccc1I. The molecule has 0 amide bonds. The van der Waals surface area contributed by atoms with E-state index in [0.717, 1.165) is 25.8 Å². The van der Waals surface area contributed by atoms with Crippen molar-refractivity contribution in [3.05, 3.63) is 56.6 Å². The quantitative estimate of drug-likeness (QED) is 0.594. The summed E-state index contributed by atoms with van der Waals surface area (Å²) in [6.07, 6.45) is 0. The summed E-state index contributed by atoms with van der Waals surface area (Å²) in [5.41, 5.74) is 9.87. The molecule has 1 aromatic heterocycles. The smallest absolute Gasteiger partial charge is 0.178 e. The van der Waals surface area contributed by atoms with Gasteiger partial charge in [-0.25, -0.2) is 0 Å². The van der Waals surface area contributed by atoms with Crippen LogP contribution in [0.4, 0.5) is 5.82 Å². The molecule has 21 heavy (non-hydrogen) atoms. The van der Waals surface area contributed by atoms with E-state index in [1.54, 1.807) is 0 Å². The normalized spacial score (nSPS) is 10.8. The maximum atomic E-state index is 6.11. The molecule has 0 saturated carbocycles. The summed E-state index contributed by atoms with van der Waals surface area (Å²) >= 11 is 8.35. The lowest BCUT2D eigenvalue weighted by molar-refractivity contribution is 0.436. The van der Waals surface area contributed by atoms with Crippen LogP contribution in [-0.2, 0) is 0 Å². The zero-order valence-corrected chi connectivity index (χ0v) is 14.1. The van der Waals surface area contributed by atoms with Crippen LogP contribution in [0.3, 0.4) is 0 Å². The molecular formula is C16H12ClIN2O. The lowest BCUT2D eigenvalue weighted by Gasteiger charge is -2.07. The van der Waals surface area contributed by atoms with E-state index in [2.05, 4.69) is 27.7 Å². The van der Waals surface area contributed by atoms with Gasteiger partial charge in [0.15, 0.2) is 11.6 Å². The van der Waals surface area contributed by atoms with Crippen molar-refractivity contribution in [2.75, 3.05) is 5.73 Å². The minimum atomic E-state index is 0.384. The van der Waals surface area contributed by atoms with E-state index in [-0.39, 0.29) is 0 Å². The fourth-order valence-corrected chi connectivity index (χ4v) is 3.02. The molecule has 0 fully saturated rings. The van der Waals surface area contributed by atoms with E-state index in [9.17, 15) is 0 Å². The predicted octanol–water partition coefficient (Wildman–Crippen LogP) is 5.16. The molecule has 0 radical (unpaired) electrons. The number of anilines is 1. The van der Waals surface area contributed by atoms with Crippen LogP contribution in [0.15, 0.2) is 47.0 Å². The molecule has 106 valence electrons. The summed E-state index contributed by atoms with van der Waals surface area (Å²) in [5, 5.41) is 4.59. The van der Waals surface area contributed by atoms with Crippen LogP contribution in [0.1, 0.15) is 5.56 Å². The maximum absolute atomic E-state index is 6.11. The van der Waals surface area contributed by atoms with Gasteiger partial charge >= 0.3 is 0 Å². The van der Waals surface area contributed by atoms with Crippen LogP contribution in [0.5, 0.6) is 0 Å². The Morgan fingerprint density at radius 1 is 1.14 bits per heavy atom. The third-order valence-electron chi connectivity index (χ3n) is 3.31. The standard InChI is InChI=1S/C16H12ClIN2O/c1-9-4-2-3-5-11(9)14-15(21-20-16(14)19)12-8-10(17)6-7-13(12)18/h2-8H,1H3,(H2,19,20). The second-order valence-corrected chi connectivity index (χ2v) is 6.31. The Morgan fingerprint density at radius 3 is 2.67 bits per heavy atom. The number of halogens is 2. The molecule has 3 aromatic rings. The second kappa shape index (κ2) is 5.69. The Hall–Kier alpha value is -1.53. The molecule has 0 spiro atoms. The largest absolute Gasteiger partial charge is 0.380 e. The number of nitrogens with two attached hydrogens (primary N) is 1. The minimum Gasteiger partial charge on any atom is -0.380 e. The Balaban J connectivity index is 2.27. The highest BCUT2D eigenvalue weighted by Crippen LogP contribution is 2.40. The van der Waals surface area contributed by atoms with Crippen LogP contribution >= 0.6 is 34.2 Å². The molecule has 2 aromatic carbocycles. The lowest BCUT2D eigenvalue weighted by Crippen LogP contribution is -1.91. The van der Waals surface area contributed by atoms with Gasteiger partial charge in [0, 0.05) is 14.2 Å². The third-order valence-corrected chi connectivity index (χ3v) is 4.48.